The van der Waals surface area contributed by atoms with Gasteiger partial charge in [0.2, 0.25) is 10.0 Å². The Hall–Kier alpha value is -1.77. The summed E-state index contributed by atoms with van der Waals surface area (Å²) in [7, 11) is -3.92. The lowest BCUT2D eigenvalue weighted by molar-refractivity contribution is 0.513. The second kappa shape index (κ2) is 6.33. The molecule has 0 radical (unpaired) electrons. The van der Waals surface area contributed by atoms with Gasteiger partial charge in [-0.15, -0.1) is 0 Å². The van der Waals surface area contributed by atoms with Crippen molar-refractivity contribution in [2.24, 2.45) is 5.73 Å². The van der Waals surface area contributed by atoms with E-state index in [1.165, 1.54) is 12.1 Å². The van der Waals surface area contributed by atoms with Crippen molar-refractivity contribution in [1.82, 2.24) is 14.3 Å². The van der Waals surface area contributed by atoms with Crippen LogP contribution >= 0.6 is 0 Å². The fraction of sp³-hybridized carbons (Fsp3) is 0.308. The summed E-state index contributed by atoms with van der Waals surface area (Å²) in [5.74, 6) is -0.805. The van der Waals surface area contributed by atoms with E-state index in [4.69, 9.17) is 5.73 Å². The van der Waals surface area contributed by atoms with Gasteiger partial charge in [0.15, 0.2) is 0 Å². The predicted octanol–water partition coefficient (Wildman–Crippen LogP) is 0.848. The summed E-state index contributed by atoms with van der Waals surface area (Å²) in [4.78, 5) is 3.50. The lowest BCUT2D eigenvalue weighted by Gasteiger charge is -2.15. The molecule has 0 aliphatic heterocycles. The van der Waals surface area contributed by atoms with E-state index in [1.807, 2.05) is 0 Å². The monoisotopic (exact) mass is 312 g/mol. The number of nitrogens with one attached hydrogen (secondary N) is 1. The number of aromatic nitrogens is 2. The molecule has 0 spiro atoms. The van der Waals surface area contributed by atoms with Gasteiger partial charge in [0, 0.05) is 31.5 Å². The SMILES string of the molecule is CC(Cn1ccnc1)NS(=O)(=O)c1ccc(CN)cc1F. The molecule has 1 aromatic heterocycles. The fourth-order valence-electron chi connectivity index (χ4n) is 1.97. The molecular weight excluding hydrogens is 295 g/mol. The zero-order valence-electron chi connectivity index (χ0n) is 11.5. The first-order chi connectivity index (χ1) is 9.92. The first kappa shape index (κ1) is 15.6. The summed E-state index contributed by atoms with van der Waals surface area (Å²) < 4.78 is 42.4. The molecule has 2 aromatic rings. The number of hydrogen-bond acceptors (Lipinski definition) is 4. The van der Waals surface area contributed by atoms with Crippen LogP contribution in [0.15, 0.2) is 41.8 Å². The van der Waals surface area contributed by atoms with E-state index in [0.29, 0.717) is 12.1 Å². The lowest BCUT2D eigenvalue weighted by atomic mass is 10.2. The van der Waals surface area contributed by atoms with Crippen molar-refractivity contribution < 1.29 is 12.8 Å². The van der Waals surface area contributed by atoms with Crippen molar-refractivity contribution >= 4 is 10.0 Å². The summed E-state index contributed by atoms with van der Waals surface area (Å²) in [6.07, 6.45) is 4.91. The van der Waals surface area contributed by atoms with Gasteiger partial charge < -0.3 is 10.3 Å². The van der Waals surface area contributed by atoms with E-state index in [9.17, 15) is 12.8 Å². The summed E-state index contributed by atoms with van der Waals surface area (Å²) in [6.45, 7) is 2.26. The minimum Gasteiger partial charge on any atom is -0.336 e. The Kier molecular flexibility index (Phi) is 4.71. The second-order valence-corrected chi connectivity index (χ2v) is 6.43. The Morgan fingerprint density at radius 2 is 2.24 bits per heavy atom. The van der Waals surface area contributed by atoms with Crippen LogP contribution in [-0.2, 0) is 23.1 Å². The smallest absolute Gasteiger partial charge is 0.243 e. The zero-order valence-corrected chi connectivity index (χ0v) is 12.3. The van der Waals surface area contributed by atoms with E-state index < -0.39 is 21.9 Å². The van der Waals surface area contributed by atoms with Crippen LogP contribution in [0.4, 0.5) is 4.39 Å². The molecule has 0 fully saturated rings. The molecule has 1 heterocycles. The van der Waals surface area contributed by atoms with Gasteiger partial charge in [-0.2, -0.15) is 0 Å². The Labute approximate surface area is 122 Å². The molecule has 114 valence electrons. The van der Waals surface area contributed by atoms with Crippen LogP contribution in [-0.4, -0.2) is 24.0 Å². The molecule has 1 unspecified atom stereocenters. The number of benzene rings is 1. The topological polar surface area (TPSA) is 90.0 Å². The standard InChI is InChI=1S/C13H17FN4O2S/c1-10(8-18-5-4-16-9-18)17-21(19,20)13-3-2-11(7-15)6-12(13)14/h2-6,9-10,17H,7-8,15H2,1H3. The van der Waals surface area contributed by atoms with Gasteiger partial charge >= 0.3 is 0 Å². The fourth-order valence-corrected chi connectivity index (χ4v) is 3.26. The highest BCUT2D eigenvalue weighted by Crippen LogP contribution is 2.16. The van der Waals surface area contributed by atoms with Crippen LogP contribution in [0, 0.1) is 5.82 Å². The largest absolute Gasteiger partial charge is 0.336 e. The Morgan fingerprint density at radius 3 is 2.81 bits per heavy atom. The zero-order chi connectivity index (χ0) is 15.5. The third kappa shape index (κ3) is 3.87. The first-order valence-corrected chi connectivity index (χ1v) is 7.87. The van der Waals surface area contributed by atoms with Crippen molar-refractivity contribution in [3.05, 3.63) is 48.3 Å². The van der Waals surface area contributed by atoms with Gasteiger partial charge in [0.05, 0.1) is 6.33 Å². The van der Waals surface area contributed by atoms with Gasteiger partial charge in [-0.05, 0) is 24.6 Å². The number of rotatable bonds is 6. The number of halogens is 1. The predicted molar refractivity (Wildman–Crippen MR) is 76.3 cm³/mol. The molecule has 3 N–H and O–H groups in total. The molecule has 0 saturated carbocycles. The van der Waals surface area contributed by atoms with Gasteiger partial charge in [0.25, 0.3) is 0 Å². The van der Waals surface area contributed by atoms with Crippen LogP contribution in [0.5, 0.6) is 0 Å². The minimum atomic E-state index is -3.92. The molecule has 0 aliphatic rings. The van der Waals surface area contributed by atoms with Crippen LogP contribution in [0.25, 0.3) is 0 Å². The number of nitrogens with two attached hydrogens (primary N) is 1. The molecular formula is C13H17FN4O2S. The van der Waals surface area contributed by atoms with E-state index in [0.717, 1.165) is 6.07 Å². The number of sulfonamides is 1. The maximum absolute atomic E-state index is 13.9. The van der Waals surface area contributed by atoms with Gasteiger partial charge in [-0.1, -0.05) is 6.07 Å². The third-order valence-electron chi connectivity index (χ3n) is 2.92. The summed E-state index contributed by atoms with van der Waals surface area (Å²) in [5, 5.41) is 0. The molecule has 1 atom stereocenters. The van der Waals surface area contributed by atoms with Crippen LogP contribution in [0.1, 0.15) is 12.5 Å². The van der Waals surface area contributed by atoms with Crippen LogP contribution < -0.4 is 10.5 Å². The van der Waals surface area contributed by atoms with Crippen LogP contribution in [0.2, 0.25) is 0 Å². The average Bonchev–Trinajstić information content (AvgIpc) is 2.90. The molecule has 8 heteroatoms. The molecule has 2 rings (SSSR count). The molecule has 21 heavy (non-hydrogen) atoms. The minimum absolute atomic E-state index is 0.154. The Morgan fingerprint density at radius 1 is 1.48 bits per heavy atom. The molecule has 6 nitrogen and oxygen atoms in total. The lowest BCUT2D eigenvalue weighted by Crippen LogP contribution is -2.35. The van der Waals surface area contributed by atoms with Gasteiger partial charge in [0.1, 0.15) is 10.7 Å². The molecule has 0 bridgehead atoms. The number of hydrogen-bond donors (Lipinski definition) is 2. The highest BCUT2D eigenvalue weighted by Gasteiger charge is 2.21. The average molecular weight is 312 g/mol. The quantitative estimate of drug-likeness (QED) is 0.827. The molecule has 0 amide bonds. The third-order valence-corrected chi connectivity index (χ3v) is 4.54. The molecule has 0 aliphatic carbocycles. The van der Waals surface area contributed by atoms with Crippen molar-refractivity contribution in [3.8, 4) is 0 Å². The van der Waals surface area contributed by atoms with E-state index in [1.54, 1.807) is 30.2 Å². The normalized spacial score (nSPS) is 13.3. The van der Waals surface area contributed by atoms with Gasteiger partial charge in [-0.3, -0.25) is 0 Å². The summed E-state index contributed by atoms with van der Waals surface area (Å²) in [6, 6.07) is 3.45. The van der Waals surface area contributed by atoms with Crippen molar-refractivity contribution in [2.45, 2.75) is 31.0 Å². The maximum atomic E-state index is 13.9. The van der Waals surface area contributed by atoms with Crippen molar-refractivity contribution in [1.29, 1.82) is 0 Å². The summed E-state index contributed by atoms with van der Waals surface area (Å²) in [5.41, 5.74) is 5.93. The van der Waals surface area contributed by atoms with Crippen LogP contribution in [0.3, 0.4) is 0 Å². The van der Waals surface area contributed by atoms with E-state index in [-0.39, 0.29) is 11.4 Å². The molecule has 1 aromatic carbocycles. The maximum Gasteiger partial charge on any atom is 0.243 e. The van der Waals surface area contributed by atoms with Crippen molar-refractivity contribution in [2.75, 3.05) is 0 Å². The number of nitrogens with zero attached hydrogens (tertiary/aromatic N) is 2. The van der Waals surface area contributed by atoms with E-state index in [2.05, 4.69) is 9.71 Å². The van der Waals surface area contributed by atoms with Gasteiger partial charge in [-0.25, -0.2) is 22.5 Å². The first-order valence-electron chi connectivity index (χ1n) is 6.39. The highest BCUT2D eigenvalue weighted by molar-refractivity contribution is 7.89. The molecule has 0 saturated heterocycles. The second-order valence-electron chi connectivity index (χ2n) is 4.75. The Balaban J connectivity index is 2.14. The Bertz CT molecular complexity index is 701. The van der Waals surface area contributed by atoms with Crippen molar-refractivity contribution in [3.63, 3.8) is 0 Å². The highest BCUT2D eigenvalue weighted by atomic mass is 32.2. The number of imidazole rings is 1. The van der Waals surface area contributed by atoms with E-state index >= 15 is 0 Å². The summed E-state index contributed by atoms with van der Waals surface area (Å²) >= 11 is 0.